The van der Waals surface area contributed by atoms with E-state index in [9.17, 15) is 4.79 Å². The number of carbonyl (C=O) groups excluding carboxylic acids is 1. The molecule has 0 rings (SSSR count). The van der Waals surface area contributed by atoms with Gasteiger partial charge >= 0.3 is 93.0 Å². The summed E-state index contributed by atoms with van der Waals surface area (Å²) < 4.78 is 9.59. The van der Waals surface area contributed by atoms with Crippen LogP contribution < -0.4 is 38.5 Å². The Morgan fingerprint density at radius 1 is 1.67 bits per heavy atom. The van der Waals surface area contributed by atoms with Crippen LogP contribution in [-0.4, -0.2) is 16.5 Å². The summed E-state index contributed by atoms with van der Waals surface area (Å²) in [6.45, 7) is 3.30. The van der Waals surface area contributed by atoms with Crippen molar-refractivity contribution in [3.8, 4) is 0 Å². The quantitative estimate of drug-likeness (QED) is 0.120. The second-order valence-corrected chi connectivity index (χ2v) is 6.84. The van der Waals surface area contributed by atoms with E-state index in [4.69, 9.17) is 11.5 Å². The van der Waals surface area contributed by atoms with Gasteiger partial charge in [0.15, 0.2) is 0 Å². The average Bonchev–Trinajstić information content (AvgIpc) is 2.03. The number of hydrogen-bond donors (Lipinski definition) is 4. The van der Waals surface area contributed by atoms with Gasteiger partial charge in [0, 0.05) is 0 Å². The molecule has 0 aromatic carbocycles. The molecule has 0 aliphatic carbocycles. The fourth-order valence-corrected chi connectivity index (χ4v) is 2.99. The first-order valence-corrected chi connectivity index (χ1v) is 7.60. The van der Waals surface area contributed by atoms with Crippen LogP contribution in [0.2, 0.25) is 0 Å². The summed E-state index contributed by atoms with van der Waals surface area (Å²) in [5.74, 6) is -0.348. The maximum absolute atomic E-state index is 11.0. The molecule has 0 aliphatic heterocycles. The van der Waals surface area contributed by atoms with Gasteiger partial charge in [-0.3, -0.25) is 0 Å². The van der Waals surface area contributed by atoms with Gasteiger partial charge in [-0.1, -0.05) is 0 Å². The van der Waals surface area contributed by atoms with E-state index in [0.717, 1.165) is 0 Å². The summed E-state index contributed by atoms with van der Waals surface area (Å²) in [5, 5.41) is 0. The first-order valence-electron chi connectivity index (χ1n) is 2.84. The Bertz CT molecular complexity index is 196. The van der Waals surface area contributed by atoms with E-state index in [0.29, 0.717) is 0 Å². The van der Waals surface area contributed by atoms with Gasteiger partial charge in [-0.25, -0.2) is 0 Å². The summed E-state index contributed by atoms with van der Waals surface area (Å²) in [7, 11) is 0. The van der Waals surface area contributed by atoms with Gasteiger partial charge in [0.25, 0.3) is 0 Å². The molecule has 72 valence electrons. The molecule has 0 bridgehead atoms. The van der Waals surface area contributed by atoms with Crippen molar-refractivity contribution in [1.82, 2.24) is 5.27 Å². The fraction of sp³-hybridized carbons (Fsp3) is 0.200. The summed E-state index contributed by atoms with van der Waals surface area (Å²) in [6, 6.07) is 0. The van der Waals surface area contributed by atoms with Crippen LogP contribution in [0.3, 0.4) is 0 Å². The predicted octanol–water partition coefficient (Wildman–Crippen LogP) is -4.27. The van der Waals surface area contributed by atoms with Crippen LogP contribution in [0.15, 0.2) is 12.3 Å². The van der Waals surface area contributed by atoms with Gasteiger partial charge < -0.3 is 0 Å². The van der Waals surface area contributed by atoms with Gasteiger partial charge in [-0.15, -0.1) is 0 Å². The van der Waals surface area contributed by atoms with Crippen molar-refractivity contribution < 1.29 is 26.5 Å². The number of Topliss-reactive ketones (excluding diaryl/α,β-unsaturated/α-hetero) is 1. The Balaban J connectivity index is 3.71. The standard InChI is InChI=1S/C5H11I2N4O/c1-3(8)4(12)5(9)10-7-11-6-2/h5,10-11H,1-2,8-9H2/q-1. The van der Waals surface area contributed by atoms with E-state index >= 15 is 0 Å². The van der Waals surface area contributed by atoms with E-state index in [1.54, 1.807) is 0 Å². The number of hydrogen-bond acceptors (Lipinski definition) is 5. The van der Waals surface area contributed by atoms with Crippen molar-refractivity contribution in [3.63, 3.8) is 0 Å². The Morgan fingerprint density at radius 3 is 2.67 bits per heavy atom. The first kappa shape index (κ1) is 12.4. The minimum atomic E-state index is -0.724. The molecule has 1 unspecified atom stereocenters. The normalized spacial score (nSPS) is 12.8. The van der Waals surface area contributed by atoms with Crippen molar-refractivity contribution in [1.29, 1.82) is 0 Å². The van der Waals surface area contributed by atoms with Crippen LogP contribution in [0.4, 0.5) is 0 Å². The van der Waals surface area contributed by atoms with Gasteiger partial charge in [0.2, 0.25) is 0 Å². The number of nitrogens with two attached hydrogens (primary N) is 2. The van der Waals surface area contributed by atoms with Gasteiger partial charge in [-0.05, 0) is 0 Å². The second kappa shape index (κ2) is 6.88. The van der Waals surface area contributed by atoms with Crippen molar-refractivity contribution in [2.45, 2.75) is 6.17 Å². The number of halogens is 2. The fourth-order valence-electron chi connectivity index (χ4n) is 0.354. The Kier molecular flexibility index (Phi) is 7.13. The zero-order valence-electron chi connectivity index (χ0n) is 6.31. The van der Waals surface area contributed by atoms with Crippen LogP contribution in [0.5, 0.6) is 0 Å². The molecular weight excluding hydrogens is 386 g/mol. The minimum absolute atomic E-state index is 0.0108. The molecule has 0 saturated heterocycles. The molecule has 0 aliphatic rings. The molecule has 12 heavy (non-hydrogen) atoms. The third-order valence-corrected chi connectivity index (χ3v) is 5.63. The van der Waals surface area contributed by atoms with E-state index in [1.807, 2.05) is 0 Å². The van der Waals surface area contributed by atoms with E-state index in [2.05, 4.69) is 16.4 Å². The summed E-state index contributed by atoms with van der Waals surface area (Å²) in [5.41, 5.74) is 10.6. The third kappa shape index (κ3) is 5.13. The molecule has 0 amide bonds. The predicted molar refractivity (Wildman–Crippen MR) is 53.7 cm³/mol. The molecule has 0 saturated carbocycles. The molecule has 0 radical (unpaired) electrons. The molecule has 6 N–H and O–H groups in total. The number of rotatable bonds is 6. The third-order valence-electron chi connectivity index (χ3n) is 0.857. The van der Waals surface area contributed by atoms with Crippen molar-refractivity contribution in [3.05, 3.63) is 12.3 Å². The zero-order chi connectivity index (χ0) is 9.56. The molecule has 0 aromatic heterocycles. The Morgan fingerprint density at radius 2 is 2.25 bits per heavy atom. The van der Waals surface area contributed by atoms with E-state index < -0.39 is 27.9 Å². The number of carbonyl (C=O) groups is 1. The zero-order valence-corrected chi connectivity index (χ0v) is 10.6. The molecule has 0 aromatic rings. The molecule has 0 fully saturated rings. The topological polar surface area (TPSA) is 93.2 Å². The molecule has 5 nitrogen and oxygen atoms in total. The molecular formula is C5H11I2N4O-. The van der Waals surface area contributed by atoms with Crippen molar-refractivity contribution in [2.75, 3.05) is 0 Å². The van der Waals surface area contributed by atoms with Crippen LogP contribution in [0.25, 0.3) is 0 Å². The first-order chi connectivity index (χ1) is 5.59. The van der Waals surface area contributed by atoms with E-state index in [-0.39, 0.29) is 32.5 Å². The SMILES string of the molecule is C=IN[I-]NC(N)C(=O)C(=C)N. The van der Waals surface area contributed by atoms with E-state index in [1.165, 1.54) is 0 Å². The van der Waals surface area contributed by atoms with Gasteiger partial charge in [-0.2, -0.15) is 0 Å². The Labute approximate surface area is 92.4 Å². The summed E-state index contributed by atoms with van der Waals surface area (Å²) in [4.78, 5) is 11.0. The van der Waals surface area contributed by atoms with Crippen LogP contribution >= 0.6 is 21.0 Å². The number of nitrogens with one attached hydrogen (secondary N) is 2. The van der Waals surface area contributed by atoms with Gasteiger partial charge in [0.05, 0.1) is 0 Å². The van der Waals surface area contributed by atoms with Crippen molar-refractivity contribution in [2.24, 2.45) is 11.5 Å². The van der Waals surface area contributed by atoms with Crippen LogP contribution in [0, 0.1) is 0 Å². The monoisotopic (exact) mass is 397 g/mol. The van der Waals surface area contributed by atoms with Gasteiger partial charge in [0.1, 0.15) is 0 Å². The summed E-state index contributed by atoms with van der Waals surface area (Å²) >= 11 is -0.625. The molecule has 1 atom stereocenters. The van der Waals surface area contributed by atoms with Crippen LogP contribution in [-0.2, 0) is 4.79 Å². The maximum atomic E-state index is 11.0. The van der Waals surface area contributed by atoms with Crippen LogP contribution in [0.1, 0.15) is 0 Å². The molecule has 0 spiro atoms. The second-order valence-electron chi connectivity index (χ2n) is 1.78. The molecule has 7 heteroatoms. The summed E-state index contributed by atoms with van der Waals surface area (Å²) in [6.07, 6.45) is -0.724. The molecule has 0 heterocycles. The average molecular weight is 397 g/mol. The van der Waals surface area contributed by atoms with Crippen molar-refractivity contribution >= 4 is 31.3 Å². The number of ketones is 1. The Hall–Kier alpha value is 0.420.